The topological polar surface area (TPSA) is 110 Å². The van der Waals surface area contributed by atoms with E-state index in [1.54, 1.807) is 36.7 Å². The number of amides is 1. The molecule has 194 valence electrons. The number of ketones is 1. The Balaban J connectivity index is 0.00000235. The van der Waals surface area contributed by atoms with Crippen LogP contribution in [0.25, 0.3) is 0 Å². The van der Waals surface area contributed by atoms with E-state index in [1.165, 1.54) is 13.0 Å². The van der Waals surface area contributed by atoms with Crippen molar-refractivity contribution in [2.45, 2.75) is 13.3 Å². The molecule has 3 rings (SSSR count). The second-order valence-electron chi connectivity index (χ2n) is 7.52. The molecule has 3 aromatic rings. The minimum atomic E-state index is -1.08. The average molecular weight is 526 g/mol. The highest BCUT2D eigenvalue weighted by atomic mass is 32.1. The minimum Gasteiger partial charge on any atom is -0.382 e. The Hall–Kier alpha value is -4.18. The molecule has 0 fully saturated rings. The fraction of sp³-hybridized carbons (Fsp3) is 0.185. The second-order valence-corrected chi connectivity index (χ2v) is 8.52. The van der Waals surface area contributed by atoms with Crippen LogP contribution in [-0.4, -0.2) is 34.9 Å². The number of nitrogen functional groups attached to an aromatic ring is 1. The van der Waals surface area contributed by atoms with Crippen LogP contribution in [0.5, 0.6) is 0 Å². The van der Waals surface area contributed by atoms with E-state index in [0.29, 0.717) is 29.3 Å². The number of carbonyl (C=O) groups is 2. The lowest BCUT2D eigenvalue weighted by Gasteiger charge is -2.07. The Morgan fingerprint density at radius 2 is 1.84 bits per heavy atom. The van der Waals surface area contributed by atoms with Crippen molar-refractivity contribution in [1.29, 1.82) is 0 Å². The molecule has 0 radical (unpaired) electrons. The number of rotatable bonds is 11. The van der Waals surface area contributed by atoms with E-state index < -0.39 is 24.2 Å². The molecule has 2 aromatic heterocycles. The smallest absolute Gasteiger partial charge is 0.251 e. The molecular formula is C27H29F2N5O2S. The molecule has 0 aliphatic heterocycles. The van der Waals surface area contributed by atoms with E-state index in [-0.39, 0.29) is 16.6 Å². The number of nitrogens with two attached hydrogens (primary N) is 1. The second kappa shape index (κ2) is 15.0. The molecule has 0 bridgehead atoms. The van der Waals surface area contributed by atoms with Crippen LogP contribution >= 0.6 is 11.3 Å². The zero-order valence-corrected chi connectivity index (χ0v) is 21.2. The number of pyridine rings is 1. The lowest BCUT2D eigenvalue weighted by atomic mass is 10.0. The van der Waals surface area contributed by atoms with Crippen molar-refractivity contribution in [3.8, 4) is 0 Å². The Kier molecular flexibility index (Phi) is 11.8. The predicted molar refractivity (Wildman–Crippen MR) is 146 cm³/mol. The minimum absolute atomic E-state index is 0.00774. The largest absolute Gasteiger partial charge is 0.382 e. The Bertz CT molecular complexity index is 1230. The van der Waals surface area contributed by atoms with Gasteiger partial charge in [-0.15, -0.1) is 13.2 Å². The van der Waals surface area contributed by atoms with Gasteiger partial charge in [0.05, 0.1) is 5.92 Å². The molecular weight excluding hydrogens is 496 g/mol. The quantitative estimate of drug-likeness (QED) is 0.165. The zero-order chi connectivity index (χ0) is 27.2. The number of halogens is 2. The molecule has 10 heteroatoms. The Labute approximate surface area is 218 Å². The van der Waals surface area contributed by atoms with E-state index >= 15 is 0 Å². The molecule has 0 saturated heterocycles. The molecule has 4 N–H and O–H groups in total. The van der Waals surface area contributed by atoms with Crippen molar-refractivity contribution >= 4 is 39.7 Å². The third kappa shape index (κ3) is 8.76. The van der Waals surface area contributed by atoms with Crippen LogP contribution in [0.15, 0.2) is 86.0 Å². The molecule has 2 heterocycles. The maximum atomic E-state index is 14.2. The van der Waals surface area contributed by atoms with Crippen LogP contribution in [0.1, 0.15) is 32.5 Å². The van der Waals surface area contributed by atoms with E-state index in [2.05, 4.69) is 33.8 Å². The van der Waals surface area contributed by atoms with Crippen LogP contribution in [0.4, 0.5) is 25.4 Å². The fourth-order valence-corrected chi connectivity index (χ4v) is 3.97. The highest BCUT2D eigenvalue weighted by molar-refractivity contribution is 7.18. The molecule has 0 aliphatic carbocycles. The number of hydrogen-bond acceptors (Lipinski definition) is 7. The highest BCUT2D eigenvalue weighted by Crippen LogP contribution is 2.31. The van der Waals surface area contributed by atoms with E-state index in [1.807, 2.05) is 12.1 Å². The first-order valence-corrected chi connectivity index (χ1v) is 12.1. The summed E-state index contributed by atoms with van der Waals surface area (Å²) >= 11 is 1.00. The van der Waals surface area contributed by atoms with E-state index in [9.17, 15) is 18.4 Å². The summed E-state index contributed by atoms with van der Waals surface area (Å²) < 4.78 is 26.3. The first-order valence-electron chi connectivity index (χ1n) is 11.3. The molecule has 0 aliphatic rings. The SMILES string of the molecule is C=C.CC(C(=O)c1sc(Nc2ccc(C(=O)NCCc3ccncc3)cc2)nc1N)/C(F)=C\C=C/CF. The maximum absolute atomic E-state index is 14.2. The van der Waals surface area contributed by atoms with E-state index in [4.69, 9.17) is 5.73 Å². The van der Waals surface area contributed by atoms with Gasteiger partial charge in [0, 0.05) is 30.2 Å². The molecule has 0 saturated carbocycles. The highest BCUT2D eigenvalue weighted by Gasteiger charge is 2.24. The Morgan fingerprint density at radius 1 is 1.16 bits per heavy atom. The number of hydrogen-bond donors (Lipinski definition) is 3. The predicted octanol–water partition coefficient (Wildman–Crippen LogP) is 5.84. The molecule has 0 spiro atoms. The number of anilines is 3. The summed E-state index contributed by atoms with van der Waals surface area (Å²) in [7, 11) is 0. The van der Waals surface area contributed by atoms with Gasteiger partial charge in [-0.3, -0.25) is 14.6 Å². The van der Waals surface area contributed by atoms with Crippen molar-refractivity contribution in [3.63, 3.8) is 0 Å². The third-order valence-corrected chi connectivity index (χ3v) is 6.01. The van der Waals surface area contributed by atoms with Crippen LogP contribution in [0, 0.1) is 5.92 Å². The van der Waals surface area contributed by atoms with Gasteiger partial charge in [0.25, 0.3) is 5.91 Å². The van der Waals surface area contributed by atoms with Crippen molar-refractivity contribution in [2.24, 2.45) is 5.92 Å². The summed E-state index contributed by atoms with van der Waals surface area (Å²) in [5.74, 6) is -2.49. The van der Waals surface area contributed by atoms with Gasteiger partial charge in [0.15, 0.2) is 10.9 Å². The van der Waals surface area contributed by atoms with Gasteiger partial charge < -0.3 is 16.4 Å². The molecule has 1 aromatic carbocycles. The number of alkyl halides is 1. The van der Waals surface area contributed by atoms with Gasteiger partial charge in [-0.05, 0) is 61.4 Å². The van der Waals surface area contributed by atoms with Crippen molar-refractivity contribution < 1.29 is 18.4 Å². The maximum Gasteiger partial charge on any atom is 0.251 e. The summed E-state index contributed by atoms with van der Waals surface area (Å²) in [6, 6.07) is 10.5. The molecule has 1 amide bonds. The lowest BCUT2D eigenvalue weighted by Crippen LogP contribution is -2.25. The number of thiazole rings is 1. The van der Waals surface area contributed by atoms with Crippen molar-refractivity contribution in [3.05, 3.63) is 102 Å². The lowest BCUT2D eigenvalue weighted by molar-refractivity contribution is 0.0937. The van der Waals surface area contributed by atoms with Gasteiger partial charge in [-0.2, -0.15) is 0 Å². The first-order chi connectivity index (χ1) is 17.9. The van der Waals surface area contributed by atoms with E-state index in [0.717, 1.165) is 29.1 Å². The summed E-state index contributed by atoms with van der Waals surface area (Å²) in [4.78, 5) is 33.2. The van der Waals surface area contributed by atoms with Crippen molar-refractivity contribution in [2.75, 3.05) is 24.3 Å². The summed E-state index contributed by atoms with van der Waals surface area (Å²) in [6.07, 6.45) is 7.53. The van der Waals surface area contributed by atoms with Crippen LogP contribution in [0.2, 0.25) is 0 Å². The molecule has 7 nitrogen and oxygen atoms in total. The average Bonchev–Trinajstić information content (AvgIpc) is 3.29. The molecule has 1 unspecified atom stereocenters. The van der Waals surface area contributed by atoms with Gasteiger partial charge in [0.2, 0.25) is 0 Å². The normalized spacial score (nSPS) is 11.9. The van der Waals surface area contributed by atoms with Crippen LogP contribution in [-0.2, 0) is 6.42 Å². The summed E-state index contributed by atoms with van der Waals surface area (Å²) in [5, 5.41) is 6.27. The van der Waals surface area contributed by atoms with Gasteiger partial charge in [-0.1, -0.05) is 23.5 Å². The van der Waals surface area contributed by atoms with Gasteiger partial charge >= 0.3 is 0 Å². The summed E-state index contributed by atoms with van der Waals surface area (Å²) in [5.41, 5.74) is 8.11. The number of benzene rings is 1. The first kappa shape index (κ1) is 29.1. The number of nitrogens with zero attached hydrogens (tertiary/aromatic N) is 2. The standard InChI is InChI=1S/C25H25F2N5O2S.C2H4/c1-16(20(27)4-2-3-12-26)21(33)22-23(28)32-25(35-22)31-19-7-5-18(6-8-19)24(34)30-15-11-17-9-13-29-14-10-17;1-2/h2-10,13-14,16H,11-12,15,28H2,1H3,(H,30,34)(H,31,32);1-2H2/b3-2-,20-4+;. The number of nitrogens with one attached hydrogen (secondary N) is 2. The van der Waals surface area contributed by atoms with Crippen LogP contribution < -0.4 is 16.4 Å². The monoisotopic (exact) mass is 525 g/mol. The van der Waals surface area contributed by atoms with Gasteiger partial charge in [0.1, 0.15) is 23.2 Å². The fourth-order valence-electron chi connectivity index (χ4n) is 3.04. The Morgan fingerprint density at radius 3 is 2.49 bits per heavy atom. The molecule has 37 heavy (non-hydrogen) atoms. The number of Topliss-reactive ketones (excluding diaryl/α,β-unsaturated/α-hetero) is 1. The summed E-state index contributed by atoms with van der Waals surface area (Å²) in [6.45, 7) is 7.18. The van der Waals surface area contributed by atoms with Gasteiger partial charge in [-0.25, -0.2) is 13.8 Å². The zero-order valence-electron chi connectivity index (χ0n) is 20.4. The number of carbonyl (C=O) groups excluding carboxylic acids is 2. The third-order valence-electron chi connectivity index (χ3n) is 5.01. The molecule has 1 atom stereocenters. The van der Waals surface area contributed by atoms with Crippen molar-refractivity contribution in [1.82, 2.24) is 15.3 Å². The van der Waals surface area contributed by atoms with Crippen LogP contribution in [0.3, 0.4) is 0 Å². The number of aromatic nitrogens is 2. The number of allylic oxidation sites excluding steroid dienone is 4.